The van der Waals surface area contributed by atoms with Crippen molar-refractivity contribution in [2.75, 3.05) is 5.43 Å². The molecule has 3 rings (SSSR count). The highest BCUT2D eigenvalue weighted by Crippen LogP contribution is 2.26. The number of hydrogen-bond donors (Lipinski definition) is 1. The first-order chi connectivity index (χ1) is 12.1. The van der Waals surface area contributed by atoms with Crippen molar-refractivity contribution in [3.05, 3.63) is 68.5 Å². The van der Waals surface area contributed by atoms with E-state index in [0.29, 0.717) is 5.01 Å². The van der Waals surface area contributed by atoms with Crippen molar-refractivity contribution in [1.82, 2.24) is 4.98 Å². The van der Waals surface area contributed by atoms with Gasteiger partial charge in [-0.3, -0.25) is 5.43 Å². The van der Waals surface area contributed by atoms with Crippen LogP contribution in [0.4, 0.5) is 5.69 Å². The smallest absolute Gasteiger partial charge is 0.196 e. The van der Waals surface area contributed by atoms with Gasteiger partial charge in [-0.15, -0.1) is 11.3 Å². The second-order valence-corrected chi connectivity index (χ2v) is 7.32. The fourth-order valence-electron chi connectivity index (χ4n) is 2.37. The first-order valence-corrected chi connectivity index (χ1v) is 9.27. The molecule has 0 radical (unpaired) electrons. The number of nitrogens with zero attached hydrogens (tertiary/aromatic N) is 3. The minimum Gasteiger partial charge on any atom is -0.277 e. The molecule has 4 nitrogen and oxygen atoms in total. The van der Waals surface area contributed by atoms with Crippen LogP contribution >= 0.6 is 27.3 Å². The van der Waals surface area contributed by atoms with Crippen LogP contribution in [0.2, 0.25) is 0 Å². The quantitative estimate of drug-likeness (QED) is 0.454. The van der Waals surface area contributed by atoms with E-state index in [2.05, 4.69) is 69.6 Å². The molecule has 0 aliphatic rings. The highest BCUT2D eigenvalue weighted by atomic mass is 79.9. The summed E-state index contributed by atoms with van der Waals surface area (Å²) < 4.78 is 0.987. The third-order valence-corrected chi connectivity index (χ3v) is 4.99. The van der Waals surface area contributed by atoms with E-state index < -0.39 is 0 Å². The van der Waals surface area contributed by atoms with Crippen molar-refractivity contribution < 1.29 is 0 Å². The van der Waals surface area contributed by atoms with E-state index >= 15 is 0 Å². The molecule has 0 unspecified atom stereocenters. The minimum atomic E-state index is 0.268. The average Bonchev–Trinajstić information content (AvgIpc) is 3.06. The summed E-state index contributed by atoms with van der Waals surface area (Å²) in [4.78, 5) is 4.59. The second kappa shape index (κ2) is 7.60. The zero-order chi connectivity index (χ0) is 17.8. The van der Waals surface area contributed by atoms with Gasteiger partial charge in [-0.25, -0.2) is 4.98 Å². The van der Waals surface area contributed by atoms with Crippen LogP contribution < -0.4 is 5.43 Å². The van der Waals surface area contributed by atoms with Gasteiger partial charge in [0, 0.05) is 15.4 Å². The van der Waals surface area contributed by atoms with Gasteiger partial charge in [0.2, 0.25) is 0 Å². The number of thiazole rings is 1. The van der Waals surface area contributed by atoms with Crippen LogP contribution in [0.5, 0.6) is 0 Å². The van der Waals surface area contributed by atoms with Gasteiger partial charge >= 0.3 is 0 Å². The Morgan fingerprint density at radius 2 is 1.96 bits per heavy atom. The zero-order valence-electron chi connectivity index (χ0n) is 13.7. The van der Waals surface area contributed by atoms with Crippen LogP contribution in [0.25, 0.3) is 11.3 Å². The lowest BCUT2D eigenvalue weighted by molar-refractivity contribution is 1.30. The Balaban J connectivity index is 1.85. The summed E-state index contributed by atoms with van der Waals surface area (Å²) in [5.41, 5.74) is 8.30. The van der Waals surface area contributed by atoms with E-state index in [4.69, 9.17) is 0 Å². The maximum Gasteiger partial charge on any atom is 0.196 e. The predicted molar refractivity (Wildman–Crippen MR) is 107 cm³/mol. The summed E-state index contributed by atoms with van der Waals surface area (Å²) in [6, 6.07) is 15.9. The largest absolute Gasteiger partial charge is 0.277 e. The fraction of sp³-hybridized carbons (Fsp3) is 0.105. The van der Waals surface area contributed by atoms with Crippen LogP contribution in [0.15, 0.2) is 57.4 Å². The molecule has 1 aromatic heterocycles. The molecular formula is C19H15BrN4S. The monoisotopic (exact) mass is 410 g/mol. The number of aryl methyl sites for hydroxylation is 2. The molecule has 0 saturated heterocycles. The topological polar surface area (TPSA) is 61.1 Å². The Hall–Kier alpha value is -2.49. The molecule has 0 aliphatic carbocycles. The fourth-order valence-corrected chi connectivity index (χ4v) is 3.39. The zero-order valence-corrected chi connectivity index (χ0v) is 16.1. The van der Waals surface area contributed by atoms with Gasteiger partial charge in [0.1, 0.15) is 6.07 Å². The van der Waals surface area contributed by atoms with Gasteiger partial charge in [0.05, 0.1) is 11.4 Å². The number of nitrogens with one attached hydrogen (secondary N) is 1. The molecule has 0 aliphatic heterocycles. The van der Waals surface area contributed by atoms with E-state index in [0.717, 1.165) is 21.4 Å². The van der Waals surface area contributed by atoms with Gasteiger partial charge in [-0.05, 0) is 43.7 Å². The number of hydrazone groups is 1. The van der Waals surface area contributed by atoms with Crippen molar-refractivity contribution in [3.8, 4) is 17.3 Å². The maximum atomic E-state index is 9.41. The van der Waals surface area contributed by atoms with Gasteiger partial charge in [-0.2, -0.15) is 10.4 Å². The first-order valence-electron chi connectivity index (χ1n) is 7.59. The maximum absolute atomic E-state index is 9.41. The summed E-state index contributed by atoms with van der Waals surface area (Å²) in [6.45, 7) is 4.13. The highest BCUT2D eigenvalue weighted by Gasteiger charge is 2.12. The molecule has 0 atom stereocenters. The predicted octanol–water partition coefficient (Wildman–Crippen LogP) is 5.53. The van der Waals surface area contributed by atoms with Crippen molar-refractivity contribution in [2.45, 2.75) is 13.8 Å². The summed E-state index contributed by atoms with van der Waals surface area (Å²) in [5, 5.41) is 16.2. The Morgan fingerprint density at radius 3 is 2.64 bits per heavy atom. The normalized spacial score (nSPS) is 11.2. The van der Waals surface area contributed by atoms with Crippen LogP contribution in [0, 0.1) is 25.2 Å². The highest BCUT2D eigenvalue weighted by molar-refractivity contribution is 9.10. The standard InChI is InChI=1S/C19H15BrN4S/c1-12-3-8-16(13(2)9-12)18-11-25-19(22-18)17(10-21)24-23-15-6-4-14(20)5-7-15/h3-9,11,23H,1-2H3/b24-17-. The molecule has 3 aromatic rings. The molecular weight excluding hydrogens is 396 g/mol. The molecule has 2 aromatic carbocycles. The molecule has 0 bridgehead atoms. The summed E-state index contributed by atoms with van der Waals surface area (Å²) in [6.07, 6.45) is 0. The van der Waals surface area contributed by atoms with Crippen molar-refractivity contribution >= 4 is 38.7 Å². The SMILES string of the molecule is Cc1ccc(-c2csc(/C(C#N)=N\Nc3ccc(Br)cc3)n2)c(C)c1. The molecule has 6 heteroatoms. The molecule has 1 heterocycles. The average molecular weight is 411 g/mol. The lowest BCUT2D eigenvalue weighted by Gasteiger charge is -2.03. The molecule has 1 N–H and O–H groups in total. The lowest BCUT2D eigenvalue weighted by Crippen LogP contribution is -2.01. The number of rotatable bonds is 4. The molecule has 0 amide bonds. The Kier molecular flexibility index (Phi) is 5.27. The van der Waals surface area contributed by atoms with Crippen molar-refractivity contribution in [3.63, 3.8) is 0 Å². The van der Waals surface area contributed by atoms with Crippen LogP contribution in [0.1, 0.15) is 16.1 Å². The first kappa shape index (κ1) is 17.3. The second-order valence-electron chi connectivity index (χ2n) is 5.55. The van der Waals surface area contributed by atoms with Crippen molar-refractivity contribution in [1.29, 1.82) is 5.26 Å². The third kappa shape index (κ3) is 4.13. The Labute approximate surface area is 159 Å². The number of anilines is 1. The molecule has 124 valence electrons. The number of nitriles is 1. The lowest BCUT2D eigenvalue weighted by atomic mass is 10.0. The van der Waals surface area contributed by atoms with Gasteiger partial charge in [-0.1, -0.05) is 39.7 Å². The van der Waals surface area contributed by atoms with E-state index in [-0.39, 0.29) is 5.71 Å². The molecule has 25 heavy (non-hydrogen) atoms. The number of benzene rings is 2. The summed E-state index contributed by atoms with van der Waals surface area (Å²) in [7, 11) is 0. The third-order valence-electron chi connectivity index (χ3n) is 3.61. The summed E-state index contributed by atoms with van der Waals surface area (Å²) >= 11 is 4.80. The minimum absolute atomic E-state index is 0.268. The van der Waals surface area contributed by atoms with E-state index in [1.807, 2.05) is 29.6 Å². The van der Waals surface area contributed by atoms with Gasteiger partial charge in [0.25, 0.3) is 0 Å². The summed E-state index contributed by atoms with van der Waals surface area (Å²) in [5.74, 6) is 0. The molecule has 0 saturated carbocycles. The van der Waals surface area contributed by atoms with Gasteiger partial charge in [0.15, 0.2) is 10.7 Å². The van der Waals surface area contributed by atoms with E-state index in [1.165, 1.54) is 22.5 Å². The Morgan fingerprint density at radius 1 is 1.20 bits per heavy atom. The number of hydrogen-bond acceptors (Lipinski definition) is 5. The number of halogens is 1. The van der Waals surface area contributed by atoms with Crippen LogP contribution in [-0.4, -0.2) is 10.7 Å². The van der Waals surface area contributed by atoms with E-state index in [9.17, 15) is 5.26 Å². The van der Waals surface area contributed by atoms with Crippen LogP contribution in [-0.2, 0) is 0 Å². The van der Waals surface area contributed by atoms with Gasteiger partial charge < -0.3 is 0 Å². The molecule has 0 fully saturated rings. The number of aromatic nitrogens is 1. The Bertz CT molecular complexity index is 968. The van der Waals surface area contributed by atoms with E-state index in [1.54, 1.807) is 0 Å². The molecule has 0 spiro atoms. The van der Waals surface area contributed by atoms with Crippen LogP contribution in [0.3, 0.4) is 0 Å². The van der Waals surface area contributed by atoms with Crippen molar-refractivity contribution in [2.24, 2.45) is 5.10 Å².